The highest BCUT2D eigenvalue weighted by molar-refractivity contribution is 7.91. The van der Waals surface area contributed by atoms with E-state index in [4.69, 9.17) is 10.00 Å². The normalized spacial score (nSPS) is 11.9. The van der Waals surface area contributed by atoms with Crippen LogP contribution in [0.15, 0.2) is 29.2 Å². The molecule has 0 heterocycles. The Morgan fingerprint density at radius 2 is 1.84 bits per heavy atom. The van der Waals surface area contributed by atoms with E-state index in [0.717, 1.165) is 0 Å². The van der Waals surface area contributed by atoms with Gasteiger partial charge in [0.1, 0.15) is 5.75 Å². The molecule has 0 N–H and O–H groups in total. The maximum Gasteiger partial charge on any atom is 0.178 e. The zero-order chi connectivity index (χ0) is 14.5. The molecule has 0 saturated carbocycles. The number of nitrogens with zero attached hydrogens (tertiary/aromatic N) is 1. The van der Waals surface area contributed by atoms with Gasteiger partial charge in [0.15, 0.2) is 9.84 Å². The maximum absolute atomic E-state index is 12.1. The lowest BCUT2D eigenvalue weighted by atomic mass is 9.90. The molecule has 0 amide bonds. The molecule has 1 aromatic carbocycles. The van der Waals surface area contributed by atoms with E-state index < -0.39 is 15.3 Å². The smallest absolute Gasteiger partial charge is 0.178 e. The molecule has 19 heavy (non-hydrogen) atoms. The number of benzene rings is 1. The van der Waals surface area contributed by atoms with Crippen molar-refractivity contribution in [2.24, 2.45) is 5.41 Å². The largest absolute Gasteiger partial charge is 0.497 e. The molecule has 0 aliphatic rings. The van der Waals surface area contributed by atoms with E-state index in [1.165, 1.54) is 7.11 Å². The van der Waals surface area contributed by atoms with Gasteiger partial charge >= 0.3 is 0 Å². The fourth-order valence-corrected chi connectivity index (χ4v) is 2.97. The van der Waals surface area contributed by atoms with Gasteiger partial charge in [-0.2, -0.15) is 5.26 Å². The summed E-state index contributed by atoms with van der Waals surface area (Å²) in [5.74, 6) is 0.689. The molecular weight excluding hydrogens is 262 g/mol. The third-order valence-electron chi connectivity index (χ3n) is 2.94. The molecule has 0 aromatic heterocycles. The van der Waals surface area contributed by atoms with Crippen LogP contribution in [0.2, 0.25) is 0 Å². The summed E-state index contributed by atoms with van der Waals surface area (Å²) in [5.41, 5.74) is -0.477. The quantitative estimate of drug-likeness (QED) is 0.804. The molecule has 104 valence electrons. The standard InChI is InChI=1S/C14H19NO3S/c1-14(2,11-15)9-4-10-19(16,17)13-7-5-12(18-3)6-8-13/h5-8H,4,9-10H2,1-3H3. The number of sulfone groups is 1. The Labute approximate surface area is 114 Å². The summed E-state index contributed by atoms with van der Waals surface area (Å²) < 4.78 is 29.2. The first-order valence-electron chi connectivity index (χ1n) is 6.09. The predicted octanol–water partition coefficient (Wildman–Crippen LogP) is 2.80. The molecule has 0 fully saturated rings. The number of nitriles is 1. The van der Waals surface area contributed by atoms with Gasteiger partial charge in [0, 0.05) is 0 Å². The molecular formula is C14H19NO3S. The average molecular weight is 281 g/mol. The molecule has 1 aromatic rings. The van der Waals surface area contributed by atoms with Gasteiger partial charge in [-0.05, 0) is 51.0 Å². The first-order valence-corrected chi connectivity index (χ1v) is 7.74. The van der Waals surface area contributed by atoms with Crippen molar-refractivity contribution in [2.75, 3.05) is 12.9 Å². The van der Waals surface area contributed by atoms with Gasteiger partial charge in [-0.25, -0.2) is 8.42 Å². The van der Waals surface area contributed by atoms with Crippen molar-refractivity contribution in [3.8, 4) is 11.8 Å². The van der Waals surface area contributed by atoms with Crippen LogP contribution in [0, 0.1) is 16.7 Å². The first-order chi connectivity index (χ1) is 8.80. The van der Waals surface area contributed by atoms with Crippen molar-refractivity contribution >= 4 is 9.84 Å². The molecule has 0 unspecified atom stereocenters. The third kappa shape index (κ3) is 4.56. The van der Waals surface area contributed by atoms with Crippen molar-refractivity contribution in [3.63, 3.8) is 0 Å². The molecule has 0 saturated heterocycles. The monoisotopic (exact) mass is 281 g/mol. The van der Waals surface area contributed by atoms with Crippen molar-refractivity contribution in [3.05, 3.63) is 24.3 Å². The average Bonchev–Trinajstić information content (AvgIpc) is 2.38. The number of hydrogen-bond donors (Lipinski definition) is 0. The van der Waals surface area contributed by atoms with Gasteiger partial charge in [0.2, 0.25) is 0 Å². The van der Waals surface area contributed by atoms with Crippen LogP contribution < -0.4 is 4.74 Å². The highest BCUT2D eigenvalue weighted by Gasteiger charge is 2.19. The fourth-order valence-electron chi connectivity index (χ4n) is 1.66. The van der Waals surface area contributed by atoms with Crippen LogP contribution in [0.3, 0.4) is 0 Å². The second-order valence-corrected chi connectivity index (χ2v) is 7.20. The van der Waals surface area contributed by atoms with Crippen LogP contribution in [-0.4, -0.2) is 21.3 Å². The zero-order valence-corrected chi connectivity index (χ0v) is 12.3. The minimum atomic E-state index is -3.28. The van der Waals surface area contributed by atoms with E-state index in [1.54, 1.807) is 24.3 Å². The minimum Gasteiger partial charge on any atom is -0.497 e. The molecule has 0 atom stereocenters. The molecule has 0 bridgehead atoms. The number of methoxy groups -OCH3 is 1. The SMILES string of the molecule is COc1ccc(S(=O)(=O)CCCC(C)(C)C#N)cc1. The van der Waals surface area contributed by atoms with Gasteiger partial charge < -0.3 is 4.74 Å². The Bertz CT molecular complexity index is 553. The van der Waals surface area contributed by atoms with E-state index in [0.29, 0.717) is 23.5 Å². The molecule has 0 radical (unpaired) electrons. The predicted molar refractivity (Wildman–Crippen MR) is 73.7 cm³/mol. The molecule has 1 rings (SSSR count). The van der Waals surface area contributed by atoms with E-state index in [9.17, 15) is 8.42 Å². The van der Waals surface area contributed by atoms with Crippen molar-refractivity contribution < 1.29 is 13.2 Å². The molecule has 5 heteroatoms. The summed E-state index contributed by atoms with van der Waals surface area (Å²) in [5, 5.41) is 8.88. The minimum absolute atomic E-state index is 0.0600. The van der Waals surface area contributed by atoms with E-state index in [-0.39, 0.29) is 5.75 Å². The van der Waals surface area contributed by atoms with Crippen LogP contribution in [0.1, 0.15) is 26.7 Å². The highest BCUT2D eigenvalue weighted by Crippen LogP contribution is 2.23. The van der Waals surface area contributed by atoms with E-state index >= 15 is 0 Å². The van der Waals surface area contributed by atoms with Crippen LogP contribution in [0.4, 0.5) is 0 Å². The number of ether oxygens (including phenoxy) is 1. The van der Waals surface area contributed by atoms with E-state index in [2.05, 4.69) is 6.07 Å². The van der Waals surface area contributed by atoms with Gasteiger partial charge in [0.05, 0.1) is 29.2 Å². The van der Waals surface area contributed by atoms with Crippen LogP contribution >= 0.6 is 0 Å². The highest BCUT2D eigenvalue weighted by atomic mass is 32.2. The van der Waals surface area contributed by atoms with E-state index in [1.807, 2.05) is 13.8 Å². The van der Waals surface area contributed by atoms with Crippen molar-refractivity contribution in [1.29, 1.82) is 5.26 Å². The zero-order valence-electron chi connectivity index (χ0n) is 11.5. The van der Waals surface area contributed by atoms with Crippen LogP contribution in [-0.2, 0) is 9.84 Å². The topological polar surface area (TPSA) is 67.2 Å². The van der Waals surface area contributed by atoms with Crippen molar-refractivity contribution in [2.45, 2.75) is 31.6 Å². The Kier molecular flexibility index (Phi) is 4.96. The summed E-state index contributed by atoms with van der Waals surface area (Å²) in [6.45, 7) is 3.63. The van der Waals surface area contributed by atoms with Gasteiger partial charge in [0.25, 0.3) is 0 Å². The molecule has 0 aliphatic heterocycles. The summed E-state index contributed by atoms with van der Waals surface area (Å²) in [6.07, 6.45) is 1.05. The number of rotatable bonds is 6. The second-order valence-electron chi connectivity index (χ2n) is 5.09. The summed E-state index contributed by atoms with van der Waals surface area (Å²) in [7, 11) is -1.75. The molecule has 0 spiro atoms. The second kappa shape index (κ2) is 6.07. The fraction of sp³-hybridized carbons (Fsp3) is 0.500. The lowest BCUT2D eigenvalue weighted by molar-refractivity contribution is 0.414. The van der Waals surface area contributed by atoms with Gasteiger partial charge in [-0.15, -0.1) is 0 Å². The van der Waals surface area contributed by atoms with Gasteiger partial charge in [-0.3, -0.25) is 0 Å². The Balaban J connectivity index is 2.68. The summed E-state index contributed by atoms with van der Waals surface area (Å²) >= 11 is 0. The molecule has 4 nitrogen and oxygen atoms in total. The summed E-state index contributed by atoms with van der Waals surface area (Å²) in [6, 6.07) is 8.52. The van der Waals surface area contributed by atoms with Crippen LogP contribution in [0.25, 0.3) is 0 Å². The summed E-state index contributed by atoms with van der Waals surface area (Å²) in [4.78, 5) is 0.295. The lowest BCUT2D eigenvalue weighted by Crippen LogP contribution is -2.12. The third-order valence-corrected chi connectivity index (χ3v) is 4.75. The van der Waals surface area contributed by atoms with Gasteiger partial charge in [-0.1, -0.05) is 0 Å². The maximum atomic E-state index is 12.1. The Morgan fingerprint density at radius 3 is 2.32 bits per heavy atom. The van der Waals surface area contributed by atoms with Crippen molar-refractivity contribution in [1.82, 2.24) is 0 Å². The van der Waals surface area contributed by atoms with Crippen LogP contribution in [0.5, 0.6) is 5.75 Å². The molecule has 0 aliphatic carbocycles. The lowest BCUT2D eigenvalue weighted by Gasteiger charge is -2.14. The first kappa shape index (κ1) is 15.5. The number of hydrogen-bond acceptors (Lipinski definition) is 4. The Morgan fingerprint density at radius 1 is 1.26 bits per heavy atom. The Hall–Kier alpha value is -1.54.